The SMILES string of the molecule is CC(C)C[C@H](NC(=O)[C@H](CCCCN)NC(=O)CNC(=O)[C@H](CC(=O)O)NC(=O)[C@@H](NC(=O)[C@@H]1CCCN1C(=O)[C@H](CC(=O)O)NC(=O)[C@H](CC(C)C)NC(=O)[C@@H](N)CC(=O)O)[C@@H](C)O)C(=O)O. The van der Waals surface area contributed by atoms with Gasteiger partial charge in [0, 0.05) is 6.54 Å². The first-order valence-electron chi connectivity index (χ1n) is 22.1. The van der Waals surface area contributed by atoms with E-state index in [1.165, 1.54) is 0 Å². The van der Waals surface area contributed by atoms with E-state index < -0.39 is 151 Å². The van der Waals surface area contributed by atoms with Crippen molar-refractivity contribution in [2.24, 2.45) is 23.3 Å². The first kappa shape index (κ1) is 59.5. The average molecular weight is 973 g/mol. The number of carbonyl (C=O) groups is 12. The lowest BCUT2D eigenvalue weighted by Gasteiger charge is -2.31. The molecule has 1 fully saturated rings. The number of carboxylic acids is 4. The Morgan fingerprint density at radius 1 is 0.603 bits per heavy atom. The number of rotatable bonds is 31. The standard InChI is InChI=1S/C41H68N10O17/c1-19(2)13-24(46-34(60)22(43)15-30(54)55)37(63)48-26(17-32(58)59)40(66)51-12-8-10-28(51)38(64)50-33(21(5)52)39(65)47-25(16-31(56)57)35(61)44-18-29(53)45-23(9-6-7-11-42)36(62)49-27(41(67)68)14-20(3)4/h19-28,33,52H,6-18,42-43H2,1-5H3,(H,44,61)(H,45,53)(H,46,60)(H,47,65)(H,48,63)(H,49,62)(H,50,64)(H,54,55)(H,56,57)(H,58,59)(H,67,68)/t21-,22+,23+,24+,25+,26+,27+,28+,33+/m1/s1. The van der Waals surface area contributed by atoms with Crippen LogP contribution in [0.5, 0.6) is 0 Å². The lowest BCUT2D eigenvalue weighted by molar-refractivity contribution is -0.147. The zero-order chi connectivity index (χ0) is 52.0. The highest BCUT2D eigenvalue weighted by Crippen LogP contribution is 2.20. The van der Waals surface area contributed by atoms with Crippen LogP contribution in [-0.4, -0.2) is 176 Å². The molecule has 1 rings (SSSR count). The molecule has 0 aromatic rings. The summed E-state index contributed by atoms with van der Waals surface area (Å²) in [5, 5.41) is 64.2. The first-order valence-corrected chi connectivity index (χ1v) is 22.1. The maximum absolute atomic E-state index is 13.9. The molecule has 0 aliphatic carbocycles. The number of aliphatic hydroxyl groups excluding tert-OH is 1. The van der Waals surface area contributed by atoms with E-state index in [0.29, 0.717) is 12.8 Å². The van der Waals surface area contributed by atoms with Gasteiger partial charge in [0.2, 0.25) is 47.3 Å². The average Bonchev–Trinajstić information content (AvgIpc) is 3.72. The van der Waals surface area contributed by atoms with Crippen molar-refractivity contribution < 1.29 is 83.1 Å². The Balaban J connectivity index is 3.20. The Morgan fingerprint density at radius 3 is 1.65 bits per heavy atom. The van der Waals surface area contributed by atoms with Crippen LogP contribution in [0.25, 0.3) is 0 Å². The summed E-state index contributed by atoms with van der Waals surface area (Å²) in [7, 11) is 0. The van der Waals surface area contributed by atoms with Crippen molar-refractivity contribution in [3.05, 3.63) is 0 Å². The van der Waals surface area contributed by atoms with Crippen LogP contribution in [0.1, 0.15) is 98.8 Å². The predicted octanol–water partition coefficient (Wildman–Crippen LogP) is -4.56. The van der Waals surface area contributed by atoms with Gasteiger partial charge in [0.05, 0.1) is 38.0 Å². The minimum atomic E-state index is -1.91. The smallest absolute Gasteiger partial charge is 0.326 e. The fourth-order valence-corrected chi connectivity index (χ4v) is 6.98. The van der Waals surface area contributed by atoms with Gasteiger partial charge in [0.25, 0.3) is 0 Å². The van der Waals surface area contributed by atoms with E-state index in [0.717, 1.165) is 11.8 Å². The summed E-state index contributed by atoms with van der Waals surface area (Å²) >= 11 is 0. The molecule has 0 bridgehead atoms. The monoisotopic (exact) mass is 972 g/mol. The Morgan fingerprint density at radius 2 is 1.12 bits per heavy atom. The molecule has 68 heavy (non-hydrogen) atoms. The molecule has 1 aliphatic rings. The van der Waals surface area contributed by atoms with E-state index in [2.05, 4.69) is 37.2 Å². The second-order valence-electron chi connectivity index (χ2n) is 17.3. The Labute approximate surface area is 392 Å². The fraction of sp³-hybridized carbons (Fsp3) is 0.707. The Hall–Kier alpha value is -6.48. The van der Waals surface area contributed by atoms with Crippen LogP contribution in [0.3, 0.4) is 0 Å². The second kappa shape index (κ2) is 29.3. The van der Waals surface area contributed by atoms with Crippen molar-refractivity contribution in [2.45, 2.75) is 153 Å². The second-order valence-corrected chi connectivity index (χ2v) is 17.3. The molecule has 16 N–H and O–H groups in total. The van der Waals surface area contributed by atoms with Crippen LogP contribution < -0.4 is 48.7 Å². The highest BCUT2D eigenvalue weighted by atomic mass is 16.4. The lowest BCUT2D eigenvalue weighted by atomic mass is 10.0. The van der Waals surface area contributed by atoms with Gasteiger partial charge in [-0.25, -0.2) is 4.79 Å². The number of aliphatic carboxylic acids is 4. The summed E-state index contributed by atoms with van der Waals surface area (Å²) in [5.41, 5.74) is 11.2. The van der Waals surface area contributed by atoms with Crippen molar-refractivity contribution in [3.63, 3.8) is 0 Å². The van der Waals surface area contributed by atoms with Gasteiger partial charge in [-0.3, -0.25) is 52.7 Å². The van der Waals surface area contributed by atoms with Crippen molar-refractivity contribution in [1.29, 1.82) is 0 Å². The molecule has 0 spiro atoms. The Bertz CT molecular complexity index is 1830. The largest absolute Gasteiger partial charge is 0.481 e. The molecule has 27 heteroatoms. The highest BCUT2D eigenvalue weighted by molar-refractivity contribution is 5.99. The van der Waals surface area contributed by atoms with Gasteiger partial charge < -0.3 is 79.1 Å². The lowest BCUT2D eigenvalue weighted by Crippen LogP contribution is -2.61. The first-order chi connectivity index (χ1) is 31.7. The number of likely N-dealkylation sites (tertiary alicyclic amines) is 1. The van der Waals surface area contributed by atoms with Gasteiger partial charge in [0.15, 0.2) is 0 Å². The number of nitrogens with zero attached hydrogens (tertiary/aromatic N) is 1. The van der Waals surface area contributed by atoms with Crippen LogP contribution in [0.15, 0.2) is 0 Å². The molecule has 384 valence electrons. The molecule has 1 aliphatic heterocycles. The number of carbonyl (C=O) groups excluding carboxylic acids is 8. The van der Waals surface area contributed by atoms with Crippen LogP contribution in [0, 0.1) is 11.8 Å². The molecule has 0 saturated carbocycles. The third kappa shape index (κ3) is 21.4. The molecule has 0 radical (unpaired) electrons. The number of amides is 8. The number of carboxylic acid groups (broad SMARTS) is 4. The van der Waals surface area contributed by atoms with Gasteiger partial charge in [0.1, 0.15) is 42.3 Å². The van der Waals surface area contributed by atoms with Crippen LogP contribution in [0.2, 0.25) is 0 Å². The zero-order valence-electron chi connectivity index (χ0n) is 38.8. The Kier molecular flexibility index (Phi) is 25.7. The van der Waals surface area contributed by atoms with Gasteiger partial charge in [-0.05, 0) is 70.3 Å². The summed E-state index contributed by atoms with van der Waals surface area (Å²) in [4.78, 5) is 154. The topological polar surface area (TPSA) is 445 Å². The molecule has 8 amide bonds. The fourth-order valence-electron chi connectivity index (χ4n) is 6.98. The minimum absolute atomic E-state index is 0.0413. The van der Waals surface area contributed by atoms with Crippen LogP contribution in [0.4, 0.5) is 0 Å². The third-order valence-corrected chi connectivity index (χ3v) is 10.3. The maximum atomic E-state index is 13.9. The summed E-state index contributed by atoms with van der Waals surface area (Å²) in [6.45, 7) is 7.21. The molecule has 0 aromatic heterocycles. The number of hydrogen-bond donors (Lipinski definition) is 14. The van der Waals surface area contributed by atoms with Crippen LogP contribution >= 0.6 is 0 Å². The van der Waals surface area contributed by atoms with E-state index in [-0.39, 0.29) is 57.0 Å². The summed E-state index contributed by atoms with van der Waals surface area (Å²) in [6.07, 6.45) is -3.51. The van der Waals surface area contributed by atoms with Gasteiger partial charge >= 0.3 is 23.9 Å². The van der Waals surface area contributed by atoms with Crippen molar-refractivity contribution in [1.82, 2.24) is 42.1 Å². The van der Waals surface area contributed by atoms with E-state index in [1.54, 1.807) is 27.7 Å². The van der Waals surface area contributed by atoms with Crippen molar-refractivity contribution >= 4 is 71.1 Å². The number of aliphatic hydroxyl groups is 1. The molecule has 27 nitrogen and oxygen atoms in total. The van der Waals surface area contributed by atoms with E-state index >= 15 is 0 Å². The molecular formula is C41H68N10O17. The molecular weight excluding hydrogens is 905 g/mol. The quantitative estimate of drug-likeness (QED) is 0.0291. The number of nitrogens with one attached hydrogen (secondary N) is 7. The van der Waals surface area contributed by atoms with Gasteiger partial charge in [-0.15, -0.1) is 0 Å². The molecule has 1 saturated heterocycles. The van der Waals surface area contributed by atoms with E-state index in [4.69, 9.17) is 16.6 Å². The van der Waals surface area contributed by atoms with Crippen molar-refractivity contribution in [2.75, 3.05) is 19.6 Å². The van der Waals surface area contributed by atoms with Gasteiger partial charge in [-0.2, -0.15) is 0 Å². The number of unbranched alkanes of at least 4 members (excludes halogenated alkanes) is 1. The molecule has 0 unspecified atom stereocenters. The molecule has 9 atom stereocenters. The van der Waals surface area contributed by atoms with Crippen LogP contribution in [-0.2, 0) is 57.5 Å². The van der Waals surface area contributed by atoms with Gasteiger partial charge in [-0.1, -0.05) is 27.7 Å². The third-order valence-electron chi connectivity index (χ3n) is 10.3. The zero-order valence-corrected chi connectivity index (χ0v) is 38.8. The molecule has 1 heterocycles. The summed E-state index contributed by atoms with van der Waals surface area (Å²) < 4.78 is 0. The number of hydrogen-bond acceptors (Lipinski definition) is 15. The summed E-state index contributed by atoms with van der Waals surface area (Å²) in [5.74, 6) is -14.5. The summed E-state index contributed by atoms with van der Waals surface area (Å²) in [6, 6.07) is -12.5. The normalized spacial score (nSPS) is 16.9. The minimum Gasteiger partial charge on any atom is -0.481 e. The maximum Gasteiger partial charge on any atom is 0.326 e. The predicted molar refractivity (Wildman–Crippen MR) is 235 cm³/mol. The van der Waals surface area contributed by atoms with E-state index in [1.807, 2.05) is 0 Å². The number of nitrogens with two attached hydrogens (primary N) is 2. The highest BCUT2D eigenvalue weighted by Gasteiger charge is 2.41. The van der Waals surface area contributed by atoms with E-state index in [9.17, 15) is 78.0 Å². The molecule has 0 aromatic carbocycles. The van der Waals surface area contributed by atoms with Crippen molar-refractivity contribution in [3.8, 4) is 0 Å².